The van der Waals surface area contributed by atoms with E-state index in [2.05, 4.69) is 24.1 Å². The number of likely N-dealkylation sites (tertiary alicyclic amines) is 1. The molecule has 0 saturated carbocycles. The Kier molecular flexibility index (Phi) is 4.70. The minimum Gasteiger partial charge on any atom is -0.329 e. The van der Waals surface area contributed by atoms with Gasteiger partial charge in [0, 0.05) is 25.7 Å². The average molecular weight is 185 g/mol. The zero-order valence-corrected chi connectivity index (χ0v) is 8.92. The molecule has 0 amide bonds. The van der Waals surface area contributed by atoms with E-state index in [4.69, 9.17) is 5.73 Å². The van der Waals surface area contributed by atoms with Crippen molar-refractivity contribution in [2.75, 3.05) is 32.7 Å². The van der Waals surface area contributed by atoms with Crippen LogP contribution in [0, 0.1) is 5.92 Å². The van der Waals surface area contributed by atoms with Crippen molar-refractivity contribution < 1.29 is 0 Å². The SMILES string of the molecule is CC(C)N1CCC(CNCCN)C1. The van der Waals surface area contributed by atoms with Gasteiger partial charge in [-0.1, -0.05) is 0 Å². The molecule has 1 heterocycles. The van der Waals surface area contributed by atoms with Crippen molar-refractivity contribution in [3.05, 3.63) is 0 Å². The molecule has 0 aromatic carbocycles. The van der Waals surface area contributed by atoms with E-state index >= 15 is 0 Å². The Labute approximate surface area is 81.7 Å². The quantitative estimate of drug-likeness (QED) is 0.604. The molecule has 3 heteroatoms. The lowest BCUT2D eigenvalue weighted by Gasteiger charge is -2.20. The summed E-state index contributed by atoms with van der Waals surface area (Å²) in [5.41, 5.74) is 5.42. The molecule has 0 aromatic rings. The first-order chi connectivity index (χ1) is 6.24. The Morgan fingerprint density at radius 2 is 2.31 bits per heavy atom. The molecule has 0 spiro atoms. The number of nitrogens with two attached hydrogens (primary N) is 1. The highest BCUT2D eigenvalue weighted by Gasteiger charge is 2.23. The van der Waals surface area contributed by atoms with Gasteiger partial charge in [0.1, 0.15) is 0 Å². The van der Waals surface area contributed by atoms with Crippen LogP contribution in [0.4, 0.5) is 0 Å². The molecule has 1 aliphatic heterocycles. The van der Waals surface area contributed by atoms with Crippen LogP contribution < -0.4 is 11.1 Å². The minimum absolute atomic E-state index is 0.708. The van der Waals surface area contributed by atoms with Crippen LogP contribution in [0.5, 0.6) is 0 Å². The monoisotopic (exact) mass is 185 g/mol. The third kappa shape index (κ3) is 3.63. The van der Waals surface area contributed by atoms with E-state index in [0.29, 0.717) is 6.04 Å². The van der Waals surface area contributed by atoms with E-state index in [-0.39, 0.29) is 0 Å². The van der Waals surface area contributed by atoms with Gasteiger partial charge in [-0.3, -0.25) is 0 Å². The topological polar surface area (TPSA) is 41.3 Å². The Hall–Kier alpha value is -0.120. The zero-order valence-electron chi connectivity index (χ0n) is 8.92. The fourth-order valence-corrected chi connectivity index (χ4v) is 1.91. The lowest BCUT2D eigenvalue weighted by atomic mass is 10.1. The Morgan fingerprint density at radius 3 is 2.85 bits per heavy atom. The number of nitrogens with zero attached hydrogens (tertiary/aromatic N) is 1. The molecule has 1 unspecified atom stereocenters. The minimum atomic E-state index is 0.708. The standard InChI is InChI=1S/C10H23N3/c1-9(2)13-6-3-10(8-13)7-12-5-4-11/h9-10,12H,3-8,11H2,1-2H3. The first-order valence-electron chi connectivity index (χ1n) is 5.39. The van der Waals surface area contributed by atoms with Gasteiger partial charge >= 0.3 is 0 Å². The van der Waals surface area contributed by atoms with Crippen molar-refractivity contribution in [3.8, 4) is 0 Å². The second-order valence-corrected chi connectivity index (χ2v) is 4.24. The molecule has 13 heavy (non-hydrogen) atoms. The molecule has 0 radical (unpaired) electrons. The maximum Gasteiger partial charge on any atom is 0.00746 e. The van der Waals surface area contributed by atoms with Crippen LogP contribution in [0.3, 0.4) is 0 Å². The normalized spacial score (nSPS) is 24.5. The molecular formula is C10H23N3. The van der Waals surface area contributed by atoms with Gasteiger partial charge < -0.3 is 16.0 Å². The largest absolute Gasteiger partial charge is 0.329 e. The predicted octanol–water partition coefficient (Wildman–Crippen LogP) is 0.265. The molecule has 1 saturated heterocycles. The summed E-state index contributed by atoms with van der Waals surface area (Å²) in [5.74, 6) is 0.842. The molecule has 0 bridgehead atoms. The molecule has 1 rings (SSSR count). The van der Waals surface area contributed by atoms with Gasteiger partial charge in [-0.2, -0.15) is 0 Å². The summed E-state index contributed by atoms with van der Waals surface area (Å²) in [5, 5.41) is 3.38. The Morgan fingerprint density at radius 1 is 1.54 bits per heavy atom. The Balaban J connectivity index is 2.10. The number of nitrogens with one attached hydrogen (secondary N) is 1. The first kappa shape index (κ1) is 11.0. The molecule has 0 aromatic heterocycles. The summed E-state index contributed by atoms with van der Waals surface area (Å²) < 4.78 is 0. The van der Waals surface area contributed by atoms with Crippen molar-refractivity contribution in [2.45, 2.75) is 26.3 Å². The highest BCUT2D eigenvalue weighted by molar-refractivity contribution is 4.78. The number of hydrogen-bond donors (Lipinski definition) is 2. The summed E-state index contributed by atoms with van der Waals surface area (Å²) in [6.07, 6.45) is 1.34. The number of rotatable bonds is 5. The van der Waals surface area contributed by atoms with Gasteiger partial charge in [-0.25, -0.2) is 0 Å². The Bertz CT molecular complexity index is 136. The zero-order chi connectivity index (χ0) is 9.68. The van der Waals surface area contributed by atoms with Gasteiger partial charge in [0.25, 0.3) is 0 Å². The molecule has 0 aliphatic carbocycles. The van der Waals surface area contributed by atoms with Gasteiger partial charge in [0.05, 0.1) is 0 Å². The summed E-state index contributed by atoms with van der Waals surface area (Å²) in [6.45, 7) is 9.92. The van der Waals surface area contributed by atoms with Crippen molar-refractivity contribution in [2.24, 2.45) is 11.7 Å². The van der Waals surface area contributed by atoms with Crippen LogP contribution in [-0.4, -0.2) is 43.7 Å². The first-order valence-corrected chi connectivity index (χ1v) is 5.39. The molecular weight excluding hydrogens is 162 g/mol. The predicted molar refractivity (Wildman–Crippen MR) is 56.7 cm³/mol. The van der Waals surface area contributed by atoms with E-state index in [1.807, 2.05) is 0 Å². The van der Waals surface area contributed by atoms with Crippen LogP contribution in [0.1, 0.15) is 20.3 Å². The fraction of sp³-hybridized carbons (Fsp3) is 1.00. The molecule has 3 nitrogen and oxygen atoms in total. The fourth-order valence-electron chi connectivity index (χ4n) is 1.91. The van der Waals surface area contributed by atoms with Crippen LogP contribution >= 0.6 is 0 Å². The van der Waals surface area contributed by atoms with Crippen LogP contribution in [0.25, 0.3) is 0 Å². The highest BCUT2D eigenvalue weighted by atomic mass is 15.2. The van der Waals surface area contributed by atoms with Crippen molar-refractivity contribution >= 4 is 0 Å². The average Bonchev–Trinajstić information content (AvgIpc) is 2.53. The van der Waals surface area contributed by atoms with E-state index in [1.165, 1.54) is 19.5 Å². The second-order valence-electron chi connectivity index (χ2n) is 4.24. The van der Waals surface area contributed by atoms with E-state index < -0.39 is 0 Å². The van der Waals surface area contributed by atoms with Gasteiger partial charge in [0.15, 0.2) is 0 Å². The van der Waals surface area contributed by atoms with Crippen molar-refractivity contribution in [1.29, 1.82) is 0 Å². The van der Waals surface area contributed by atoms with Crippen molar-refractivity contribution in [3.63, 3.8) is 0 Å². The third-order valence-corrected chi connectivity index (χ3v) is 2.80. The number of hydrogen-bond acceptors (Lipinski definition) is 3. The van der Waals surface area contributed by atoms with Gasteiger partial charge in [-0.05, 0) is 39.3 Å². The van der Waals surface area contributed by atoms with Crippen LogP contribution in [0.2, 0.25) is 0 Å². The third-order valence-electron chi connectivity index (χ3n) is 2.80. The van der Waals surface area contributed by atoms with Crippen molar-refractivity contribution in [1.82, 2.24) is 10.2 Å². The highest BCUT2D eigenvalue weighted by Crippen LogP contribution is 2.17. The molecule has 78 valence electrons. The van der Waals surface area contributed by atoms with Crippen LogP contribution in [0.15, 0.2) is 0 Å². The summed E-state index contributed by atoms with van der Waals surface area (Å²) in [7, 11) is 0. The molecule has 1 fully saturated rings. The smallest absolute Gasteiger partial charge is 0.00746 e. The molecule has 1 aliphatic rings. The van der Waals surface area contributed by atoms with Crippen LogP contribution in [-0.2, 0) is 0 Å². The van der Waals surface area contributed by atoms with Gasteiger partial charge in [0.2, 0.25) is 0 Å². The molecule has 1 atom stereocenters. The second kappa shape index (κ2) is 5.58. The summed E-state index contributed by atoms with van der Waals surface area (Å²) >= 11 is 0. The van der Waals surface area contributed by atoms with E-state index in [0.717, 1.165) is 25.6 Å². The van der Waals surface area contributed by atoms with E-state index in [1.54, 1.807) is 0 Å². The summed E-state index contributed by atoms with van der Waals surface area (Å²) in [4.78, 5) is 2.55. The van der Waals surface area contributed by atoms with E-state index in [9.17, 15) is 0 Å². The lowest BCUT2D eigenvalue weighted by molar-refractivity contribution is 0.264. The van der Waals surface area contributed by atoms with Gasteiger partial charge in [-0.15, -0.1) is 0 Å². The maximum atomic E-state index is 5.42. The maximum absolute atomic E-state index is 5.42. The lowest BCUT2D eigenvalue weighted by Crippen LogP contribution is -2.32. The summed E-state index contributed by atoms with van der Waals surface area (Å²) in [6, 6.07) is 0.708. The molecule has 3 N–H and O–H groups in total.